The van der Waals surface area contributed by atoms with Gasteiger partial charge in [0.15, 0.2) is 11.7 Å². The monoisotopic (exact) mass is 756 g/mol. The molecule has 3 aromatic heterocycles. The first-order valence-electron chi connectivity index (χ1n) is 19.7. The van der Waals surface area contributed by atoms with E-state index in [2.05, 4.69) is 188 Å². The van der Waals surface area contributed by atoms with Gasteiger partial charge in [-0.05, 0) is 84.9 Å². The molecule has 0 saturated carbocycles. The lowest BCUT2D eigenvalue weighted by Crippen LogP contribution is -2.09. The lowest BCUT2D eigenvalue weighted by molar-refractivity contribution is 1.18. The average Bonchev–Trinajstić information content (AvgIpc) is 3.86. The number of nitrogens with one attached hydrogen (secondary N) is 1. The largest absolute Gasteiger partial charge is 0.310 e. The fourth-order valence-electron chi connectivity index (χ4n) is 8.82. The highest BCUT2D eigenvalue weighted by Gasteiger charge is 2.22. The number of fused-ring (bicyclic) bond motifs is 12. The Morgan fingerprint density at radius 2 is 1.03 bits per heavy atom. The van der Waals surface area contributed by atoms with Crippen molar-refractivity contribution in [3.63, 3.8) is 0 Å². The Hall–Kier alpha value is -8.09. The van der Waals surface area contributed by atoms with Crippen LogP contribution in [0.4, 0.5) is 17.1 Å². The molecular weight excluding hydrogens is 721 g/mol. The summed E-state index contributed by atoms with van der Waals surface area (Å²) in [6.45, 7) is 3.77. The maximum absolute atomic E-state index is 9.16. The van der Waals surface area contributed by atoms with E-state index < -0.39 is 0 Å². The first-order chi connectivity index (χ1) is 29.2. The van der Waals surface area contributed by atoms with Gasteiger partial charge in [-0.1, -0.05) is 127 Å². The van der Waals surface area contributed by atoms with Crippen molar-refractivity contribution in [2.24, 2.45) is 9.98 Å². The van der Waals surface area contributed by atoms with Gasteiger partial charge in [0, 0.05) is 60.8 Å². The zero-order chi connectivity index (χ0) is 39.5. The van der Waals surface area contributed by atoms with E-state index in [-0.39, 0.29) is 5.84 Å². The summed E-state index contributed by atoms with van der Waals surface area (Å²) in [4.78, 5) is 11.2. The number of benzene rings is 8. The van der Waals surface area contributed by atoms with Crippen LogP contribution in [-0.4, -0.2) is 27.4 Å². The highest BCUT2D eigenvalue weighted by Crippen LogP contribution is 2.43. The third kappa shape index (κ3) is 5.53. The number of nitrogens with zero attached hydrogens (tertiary/aromatic N) is 5. The van der Waals surface area contributed by atoms with Crippen molar-refractivity contribution in [1.82, 2.24) is 8.97 Å². The van der Waals surface area contributed by atoms with Crippen molar-refractivity contribution in [3.8, 4) is 5.69 Å². The number of hydrogen-bond acceptors (Lipinski definition) is 2. The van der Waals surface area contributed by atoms with E-state index in [9.17, 15) is 0 Å². The summed E-state index contributed by atoms with van der Waals surface area (Å²) in [7, 11) is 0. The highest BCUT2D eigenvalue weighted by molar-refractivity contribution is 6.23. The van der Waals surface area contributed by atoms with Crippen molar-refractivity contribution in [2.75, 3.05) is 4.90 Å². The predicted molar refractivity (Wildman–Crippen MR) is 248 cm³/mol. The van der Waals surface area contributed by atoms with E-state index in [1.807, 2.05) is 42.5 Å². The van der Waals surface area contributed by atoms with Gasteiger partial charge in [-0.15, -0.1) is 0 Å². The van der Waals surface area contributed by atoms with Gasteiger partial charge in [0.2, 0.25) is 0 Å². The quantitative estimate of drug-likeness (QED) is 0.102. The second-order valence-electron chi connectivity index (χ2n) is 14.7. The number of aliphatic imine (C=N–C) groups is 2. The molecule has 6 heteroatoms. The summed E-state index contributed by atoms with van der Waals surface area (Å²) < 4.78 is 4.78. The van der Waals surface area contributed by atoms with Crippen LogP contribution >= 0.6 is 0 Å². The normalized spacial score (nSPS) is 12.0. The van der Waals surface area contributed by atoms with Crippen LogP contribution in [0.15, 0.2) is 210 Å². The molecule has 3 heterocycles. The van der Waals surface area contributed by atoms with Crippen molar-refractivity contribution in [1.29, 1.82) is 5.41 Å². The van der Waals surface area contributed by atoms with Crippen LogP contribution in [0.1, 0.15) is 11.1 Å². The lowest BCUT2D eigenvalue weighted by Gasteiger charge is -2.25. The number of anilines is 3. The number of pyridine rings is 1. The van der Waals surface area contributed by atoms with Crippen molar-refractivity contribution in [3.05, 3.63) is 211 Å². The standard InChI is InChI=1S/C53H36N6/c1-55-53(35-16-5-2-6-17-35)56-52(54)36-18-15-23-39(32-36)58-48-30-28-40(57(37-19-7-3-8-20-37)38-21-9-4-10-22-38)33-45(48)44-29-31-49-46(51(44)58)34-50-43-26-12-11-24-41(43)42-25-13-14-27-47(42)59(49)50/h2-34,54H,1H2. The van der Waals surface area contributed by atoms with E-state index in [0.29, 0.717) is 11.4 Å². The molecule has 0 aliphatic rings. The van der Waals surface area contributed by atoms with Crippen LogP contribution in [0.3, 0.4) is 0 Å². The number of para-hydroxylation sites is 3. The summed E-state index contributed by atoms with van der Waals surface area (Å²) in [5.41, 5.74) is 11.3. The van der Waals surface area contributed by atoms with Crippen LogP contribution < -0.4 is 4.90 Å². The number of hydrogen-bond donors (Lipinski definition) is 1. The summed E-state index contributed by atoms with van der Waals surface area (Å²) in [5.74, 6) is 0.522. The molecule has 6 nitrogen and oxygen atoms in total. The van der Waals surface area contributed by atoms with E-state index in [4.69, 9.17) is 5.41 Å². The molecule has 8 aromatic carbocycles. The molecule has 0 saturated heterocycles. The summed E-state index contributed by atoms with van der Waals surface area (Å²) in [5, 5.41) is 16.2. The van der Waals surface area contributed by atoms with Gasteiger partial charge >= 0.3 is 0 Å². The third-order valence-corrected chi connectivity index (χ3v) is 11.4. The minimum absolute atomic E-state index is 0.111. The zero-order valence-electron chi connectivity index (χ0n) is 32.0. The SMILES string of the molecule is C=NC(=NC(=N)c1cccc(-n2c3ccc(N(c4ccccc4)c4ccccc4)cc3c3ccc4c(cc5c6ccccc6c6ccccc6n54)c32)c1)c1ccccc1. The zero-order valence-corrected chi connectivity index (χ0v) is 32.0. The van der Waals surface area contributed by atoms with Gasteiger partial charge in [0.05, 0.1) is 27.6 Å². The fraction of sp³-hybridized carbons (Fsp3) is 0. The molecule has 0 spiro atoms. The number of aromatic nitrogens is 2. The minimum atomic E-state index is 0.111. The summed E-state index contributed by atoms with van der Waals surface area (Å²) >= 11 is 0. The van der Waals surface area contributed by atoms with Crippen LogP contribution in [0.25, 0.3) is 65.6 Å². The lowest BCUT2D eigenvalue weighted by atomic mass is 10.1. The van der Waals surface area contributed by atoms with Crippen LogP contribution in [0.2, 0.25) is 0 Å². The second-order valence-corrected chi connectivity index (χ2v) is 14.7. The van der Waals surface area contributed by atoms with E-state index in [1.54, 1.807) is 0 Å². The van der Waals surface area contributed by atoms with Gasteiger partial charge in [-0.3, -0.25) is 5.41 Å². The Morgan fingerprint density at radius 3 is 1.75 bits per heavy atom. The van der Waals surface area contributed by atoms with E-state index >= 15 is 0 Å². The molecule has 0 bridgehead atoms. The molecule has 0 atom stereocenters. The number of rotatable bonds is 6. The Kier molecular flexibility index (Phi) is 8.01. The average molecular weight is 757 g/mol. The summed E-state index contributed by atoms with van der Waals surface area (Å²) in [6, 6.07) is 69.9. The fourth-order valence-corrected chi connectivity index (χ4v) is 8.82. The topological polar surface area (TPSA) is 61.2 Å². The van der Waals surface area contributed by atoms with Crippen LogP contribution in [0.5, 0.6) is 0 Å². The van der Waals surface area contributed by atoms with Gasteiger partial charge in [-0.2, -0.15) is 0 Å². The van der Waals surface area contributed by atoms with E-state index in [1.165, 1.54) is 21.7 Å². The van der Waals surface area contributed by atoms with Crippen LogP contribution in [0, 0.1) is 5.41 Å². The Balaban J connectivity index is 1.21. The smallest absolute Gasteiger partial charge is 0.161 e. The van der Waals surface area contributed by atoms with Gasteiger partial charge in [0.1, 0.15) is 0 Å². The molecule has 0 radical (unpaired) electrons. The van der Waals surface area contributed by atoms with Crippen molar-refractivity contribution in [2.45, 2.75) is 0 Å². The molecule has 59 heavy (non-hydrogen) atoms. The third-order valence-electron chi connectivity index (χ3n) is 11.4. The minimum Gasteiger partial charge on any atom is -0.310 e. The van der Waals surface area contributed by atoms with Crippen LogP contribution in [-0.2, 0) is 0 Å². The summed E-state index contributed by atoms with van der Waals surface area (Å²) in [6.07, 6.45) is 0. The predicted octanol–water partition coefficient (Wildman–Crippen LogP) is 13.4. The Labute approximate surface area is 340 Å². The maximum Gasteiger partial charge on any atom is 0.161 e. The molecule has 0 unspecified atom stereocenters. The molecule has 278 valence electrons. The molecule has 0 aliphatic carbocycles. The highest BCUT2D eigenvalue weighted by atomic mass is 15.1. The van der Waals surface area contributed by atoms with Crippen molar-refractivity contribution < 1.29 is 0 Å². The molecule has 0 aliphatic heterocycles. The maximum atomic E-state index is 9.16. The molecular formula is C53H36N6. The van der Waals surface area contributed by atoms with Gasteiger partial charge < -0.3 is 13.9 Å². The second kappa shape index (κ2) is 13.8. The first-order valence-corrected chi connectivity index (χ1v) is 19.7. The molecule has 1 N–H and O–H groups in total. The Bertz CT molecular complexity index is 3430. The van der Waals surface area contributed by atoms with E-state index in [0.717, 1.165) is 66.5 Å². The van der Waals surface area contributed by atoms with Gasteiger partial charge in [0.25, 0.3) is 0 Å². The molecule has 11 rings (SSSR count). The Morgan fingerprint density at radius 1 is 0.441 bits per heavy atom. The van der Waals surface area contributed by atoms with Gasteiger partial charge in [-0.25, -0.2) is 9.98 Å². The molecule has 11 aromatic rings. The first kappa shape index (κ1) is 34.2. The molecule has 0 fully saturated rings. The molecule has 0 amide bonds. The van der Waals surface area contributed by atoms with Crippen molar-refractivity contribution >= 4 is 95.4 Å². The number of amidine groups is 2.